The van der Waals surface area contributed by atoms with Crippen LogP contribution in [0, 0.1) is 11.7 Å². The first kappa shape index (κ1) is 18.2. The number of halogens is 1. The highest BCUT2D eigenvalue weighted by molar-refractivity contribution is 5.76. The highest BCUT2D eigenvalue weighted by Gasteiger charge is 2.27. The largest absolute Gasteiger partial charge is 0.365 e. The number of hydrogen-bond acceptors (Lipinski definition) is 4. The zero-order chi connectivity index (χ0) is 19.8. The number of hydrogen-bond donors (Lipinski definition) is 2. The number of nitrogens with zero attached hydrogens (tertiary/aromatic N) is 3. The van der Waals surface area contributed by atoms with Crippen LogP contribution in [0.2, 0.25) is 0 Å². The lowest BCUT2D eigenvalue weighted by Crippen LogP contribution is -2.37. The molecule has 0 bridgehead atoms. The molecule has 6 heteroatoms. The Bertz CT molecular complexity index is 1080. The van der Waals surface area contributed by atoms with Gasteiger partial charge >= 0.3 is 0 Å². The zero-order valence-electron chi connectivity index (χ0n) is 16.3. The number of anilines is 1. The third kappa shape index (κ3) is 3.38. The van der Waals surface area contributed by atoms with Crippen LogP contribution in [0.1, 0.15) is 31.9 Å². The fourth-order valence-corrected chi connectivity index (χ4v) is 3.84. The van der Waals surface area contributed by atoms with Gasteiger partial charge in [-0.2, -0.15) is 0 Å². The van der Waals surface area contributed by atoms with Gasteiger partial charge < -0.3 is 10.6 Å². The fourth-order valence-electron chi connectivity index (χ4n) is 3.84. The van der Waals surface area contributed by atoms with Gasteiger partial charge in [0, 0.05) is 18.6 Å². The Balaban J connectivity index is 1.53. The lowest BCUT2D eigenvalue weighted by Gasteiger charge is -2.27. The smallest absolute Gasteiger partial charge is 0.233 e. The van der Waals surface area contributed by atoms with Crippen molar-refractivity contribution >= 4 is 17.0 Å². The van der Waals surface area contributed by atoms with Crippen molar-refractivity contribution in [3.8, 4) is 0 Å². The van der Waals surface area contributed by atoms with Gasteiger partial charge in [0.1, 0.15) is 5.82 Å². The number of fused-ring (bicyclic) bond motifs is 2. The molecule has 0 saturated carbocycles. The van der Waals surface area contributed by atoms with E-state index in [0.29, 0.717) is 17.5 Å². The third-order valence-electron chi connectivity index (χ3n) is 5.25. The summed E-state index contributed by atoms with van der Waals surface area (Å²) in [6.07, 6.45) is 8.05. The molecular weight excluding hydrogens is 353 g/mol. The number of rotatable bonds is 6. The van der Waals surface area contributed by atoms with Crippen molar-refractivity contribution < 1.29 is 4.39 Å². The molecule has 0 spiro atoms. The molecule has 2 aromatic heterocycles. The fraction of sp³-hybridized carbons (Fsp3) is 0.273. The first-order chi connectivity index (χ1) is 13.4. The number of allylic oxidation sites excluding steroid dienone is 1. The molecule has 28 heavy (non-hydrogen) atoms. The summed E-state index contributed by atoms with van der Waals surface area (Å²) in [4.78, 5) is 8.46. The monoisotopic (exact) mass is 377 g/mol. The predicted molar refractivity (Wildman–Crippen MR) is 110 cm³/mol. The standard InChI is InChI=1S/C22H24FN5/c1-13(2)21(20-9-16-5-6-17(23)10-19(16)14(20)3)27-15(4)26-18-11-25-22-24-7-8-28(22)12-18/h5-8,10-13,21,26-27H,4,9H2,1-3H3. The highest BCUT2D eigenvalue weighted by atomic mass is 19.1. The second kappa shape index (κ2) is 7.11. The van der Waals surface area contributed by atoms with Gasteiger partial charge in [-0.15, -0.1) is 0 Å². The maximum Gasteiger partial charge on any atom is 0.233 e. The summed E-state index contributed by atoms with van der Waals surface area (Å²) >= 11 is 0. The normalized spacial score (nSPS) is 14.5. The summed E-state index contributed by atoms with van der Waals surface area (Å²) < 4.78 is 15.5. The number of nitrogens with one attached hydrogen (secondary N) is 2. The van der Waals surface area contributed by atoms with Crippen LogP contribution in [-0.2, 0) is 6.42 Å². The van der Waals surface area contributed by atoms with Crippen LogP contribution >= 0.6 is 0 Å². The summed E-state index contributed by atoms with van der Waals surface area (Å²) in [6.45, 7) is 10.6. The van der Waals surface area contributed by atoms with Crippen molar-refractivity contribution in [1.82, 2.24) is 19.7 Å². The molecule has 0 radical (unpaired) electrons. The van der Waals surface area contributed by atoms with Gasteiger partial charge in [-0.1, -0.05) is 26.5 Å². The first-order valence-corrected chi connectivity index (χ1v) is 9.42. The van der Waals surface area contributed by atoms with Crippen LogP contribution in [-0.4, -0.2) is 20.4 Å². The van der Waals surface area contributed by atoms with E-state index in [4.69, 9.17) is 0 Å². The number of aromatic nitrogens is 3. The van der Waals surface area contributed by atoms with E-state index in [9.17, 15) is 4.39 Å². The summed E-state index contributed by atoms with van der Waals surface area (Å²) in [5, 5.41) is 6.80. The Hall–Kier alpha value is -3.15. The van der Waals surface area contributed by atoms with E-state index in [1.165, 1.54) is 17.2 Å². The van der Waals surface area contributed by atoms with Gasteiger partial charge in [-0.05, 0) is 53.7 Å². The van der Waals surface area contributed by atoms with Crippen LogP contribution in [0.15, 0.2) is 61.0 Å². The molecule has 1 aromatic carbocycles. The Labute approximate surface area is 164 Å². The van der Waals surface area contributed by atoms with Crippen LogP contribution in [0.25, 0.3) is 11.4 Å². The van der Waals surface area contributed by atoms with Crippen molar-refractivity contribution in [2.75, 3.05) is 5.32 Å². The number of benzene rings is 1. The molecule has 1 atom stereocenters. The summed E-state index contributed by atoms with van der Waals surface area (Å²) in [7, 11) is 0. The summed E-state index contributed by atoms with van der Waals surface area (Å²) in [5.41, 5.74) is 5.44. The molecule has 4 rings (SSSR count). The molecule has 0 aliphatic heterocycles. The summed E-state index contributed by atoms with van der Waals surface area (Å²) in [6, 6.07) is 5.15. The third-order valence-corrected chi connectivity index (χ3v) is 5.25. The van der Waals surface area contributed by atoms with Crippen LogP contribution < -0.4 is 10.6 Å². The minimum Gasteiger partial charge on any atom is -0.365 e. The Morgan fingerprint density at radius 2 is 2.11 bits per heavy atom. The Kier molecular flexibility index (Phi) is 4.63. The number of imidazole rings is 1. The SMILES string of the molecule is C=C(Nc1cnc2nccn2c1)NC(C1=C(C)c2cc(F)ccc2C1)C(C)C. The van der Waals surface area contributed by atoms with E-state index in [1.54, 1.807) is 18.5 Å². The molecule has 1 aliphatic rings. The molecule has 144 valence electrons. The summed E-state index contributed by atoms with van der Waals surface area (Å²) in [5.74, 6) is 1.50. The van der Waals surface area contributed by atoms with Crippen LogP contribution in [0.3, 0.4) is 0 Å². The van der Waals surface area contributed by atoms with Gasteiger partial charge in [0.15, 0.2) is 0 Å². The van der Waals surface area contributed by atoms with E-state index in [-0.39, 0.29) is 11.9 Å². The predicted octanol–water partition coefficient (Wildman–Crippen LogP) is 4.40. The second-order valence-corrected chi connectivity index (χ2v) is 7.58. The molecule has 0 saturated heterocycles. The molecule has 2 N–H and O–H groups in total. The van der Waals surface area contributed by atoms with E-state index < -0.39 is 0 Å². The minimum absolute atomic E-state index is 0.0976. The van der Waals surface area contributed by atoms with Crippen molar-refractivity contribution in [2.24, 2.45) is 5.92 Å². The molecule has 1 unspecified atom stereocenters. The average molecular weight is 377 g/mol. The lowest BCUT2D eigenvalue weighted by atomic mass is 9.92. The molecule has 0 fully saturated rings. The van der Waals surface area contributed by atoms with E-state index in [0.717, 1.165) is 23.2 Å². The molecule has 5 nitrogen and oxygen atoms in total. The molecule has 2 heterocycles. The van der Waals surface area contributed by atoms with Crippen molar-refractivity contribution in [2.45, 2.75) is 33.2 Å². The van der Waals surface area contributed by atoms with Gasteiger partial charge in [-0.3, -0.25) is 4.40 Å². The van der Waals surface area contributed by atoms with Crippen LogP contribution in [0.5, 0.6) is 0 Å². The van der Waals surface area contributed by atoms with Gasteiger partial charge in [0.05, 0.1) is 23.7 Å². The van der Waals surface area contributed by atoms with Gasteiger partial charge in [0.25, 0.3) is 0 Å². The van der Waals surface area contributed by atoms with Gasteiger partial charge in [0.2, 0.25) is 5.78 Å². The second-order valence-electron chi connectivity index (χ2n) is 7.58. The Morgan fingerprint density at radius 3 is 2.89 bits per heavy atom. The van der Waals surface area contributed by atoms with Crippen molar-refractivity contribution in [3.05, 3.63) is 77.9 Å². The molecule has 1 aliphatic carbocycles. The minimum atomic E-state index is -0.193. The quantitative estimate of drug-likeness (QED) is 0.669. The zero-order valence-corrected chi connectivity index (χ0v) is 16.3. The maximum absolute atomic E-state index is 13.7. The van der Waals surface area contributed by atoms with Crippen molar-refractivity contribution in [3.63, 3.8) is 0 Å². The van der Waals surface area contributed by atoms with E-state index in [1.807, 2.05) is 22.9 Å². The molecular formula is C22H24FN5. The molecule has 3 aromatic rings. The maximum atomic E-state index is 13.7. The van der Waals surface area contributed by atoms with E-state index in [2.05, 4.69) is 48.0 Å². The Morgan fingerprint density at radius 1 is 1.29 bits per heavy atom. The van der Waals surface area contributed by atoms with E-state index >= 15 is 0 Å². The topological polar surface area (TPSA) is 54.2 Å². The average Bonchev–Trinajstić information content (AvgIpc) is 3.24. The van der Waals surface area contributed by atoms with Gasteiger partial charge in [-0.25, -0.2) is 14.4 Å². The lowest BCUT2D eigenvalue weighted by molar-refractivity contribution is 0.479. The highest BCUT2D eigenvalue weighted by Crippen LogP contribution is 2.36. The first-order valence-electron chi connectivity index (χ1n) is 9.42. The molecule has 0 amide bonds. The van der Waals surface area contributed by atoms with Crippen LogP contribution in [0.4, 0.5) is 10.1 Å². The van der Waals surface area contributed by atoms with Crippen molar-refractivity contribution in [1.29, 1.82) is 0 Å².